The lowest BCUT2D eigenvalue weighted by molar-refractivity contribution is -0.393. The number of hydrogen-bond donors (Lipinski definition) is 30. The van der Waals surface area contributed by atoms with Crippen molar-refractivity contribution >= 4 is 35.5 Å². The Hall–Kier alpha value is -5.04. The Bertz CT molecular complexity index is 3830. The van der Waals surface area contributed by atoms with Crippen LogP contribution in [0.2, 0.25) is 0 Å². The Kier molecular flexibility index (Phi) is 57.2. The molecule has 0 aromatic carbocycles. The van der Waals surface area contributed by atoms with Gasteiger partial charge in [-0.05, 0) is 19.3 Å². The Morgan fingerprint density at radius 1 is 0.362 bits per heavy atom. The van der Waals surface area contributed by atoms with E-state index in [1.54, 1.807) is 6.08 Å². The van der Waals surface area contributed by atoms with Crippen LogP contribution in [-0.4, -0.2) is 492 Å². The number of carbonyl (C=O) groups excluding carboxylic acids is 5. The van der Waals surface area contributed by atoms with Crippen LogP contribution < -0.4 is 26.6 Å². The van der Waals surface area contributed by atoms with Crippen LogP contribution in [0.4, 0.5) is 0 Å². The van der Waals surface area contributed by atoms with Gasteiger partial charge in [0.05, 0.1) is 83.8 Å². The minimum absolute atomic E-state index is 0.129. The summed E-state index contributed by atoms with van der Waals surface area (Å²) in [5.41, 5.74) is 0. The van der Waals surface area contributed by atoms with Gasteiger partial charge in [-0.25, -0.2) is 4.79 Å². The van der Waals surface area contributed by atoms with Crippen molar-refractivity contribution in [2.75, 3.05) is 66.1 Å². The fourth-order valence-electron chi connectivity index (χ4n) is 19.8. The maximum atomic E-state index is 13.7. The Labute approximate surface area is 865 Å². The van der Waals surface area contributed by atoms with E-state index in [0.717, 1.165) is 85.0 Å². The molecule has 149 heavy (non-hydrogen) atoms. The molecule has 0 aliphatic carbocycles. The van der Waals surface area contributed by atoms with Crippen LogP contribution in [0.3, 0.4) is 0 Å². The zero-order valence-electron chi connectivity index (χ0n) is 85.6. The van der Waals surface area contributed by atoms with E-state index in [0.29, 0.717) is 12.8 Å². The molecule has 52 heteroatoms. The molecular formula is C97H171N5O47. The molecule has 0 aromatic rings. The molecule has 0 bridgehead atoms. The molecule has 0 aromatic heterocycles. The maximum Gasteiger partial charge on any atom is 0.364 e. The lowest BCUT2D eigenvalue weighted by atomic mass is 9.88. The third-order valence-corrected chi connectivity index (χ3v) is 28.3. The van der Waals surface area contributed by atoms with Crippen LogP contribution in [0.1, 0.15) is 234 Å². The average Bonchev–Trinajstić information content (AvgIpc) is 0.747. The number of allylic oxidation sites excluding steroid dienone is 1. The van der Waals surface area contributed by atoms with E-state index in [-0.39, 0.29) is 12.3 Å². The van der Waals surface area contributed by atoms with Gasteiger partial charge in [-0.2, -0.15) is 0 Å². The number of aliphatic hydroxyl groups excluding tert-OH is 24. The van der Waals surface area contributed by atoms with Crippen molar-refractivity contribution in [3.8, 4) is 0 Å². The SMILES string of the molecule is CCCCCCCCCCCCC/C=C/[C@@H](O)[C@H](CO[C@@H]1OC(CO)[C@@H](O[C@@H]2OC(CO)[C@H](O)[C@H](O[C@@H]3OC(CO)[C@@H](O[C@@H]4OC(CO[C@@H]5OC(CO)[C@@H](O)[C@H](O)C5NC(C)=O)[C@H](O)[C@H](O[C@@H]5OC(CO)[C@@H](O[C@@H]6OC(CO)[C@H](O)[C@H](O[C@]7(C(=O)O)CC(O)[C@@H](NC(=O)CO)C([C@H](O)[C@H](O)CO)O7)C6O)[C@H](O)C5NC(C)=O)C4O)[C@H](O)C3NC(C)=O)C2O)[C@H](O)C1O)NC(=O)CCCCCCCCCCCCCCCCCCC. The van der Waals surface area contributed by atoms with Crippen LogP contribution in [0.5, 0.6) is 0 Å². The van der Waals surface area contributed by atoms with E-state index in [1.165, 1.54) is 109 Å². The molecule has 5 amide bonds. The number of amides is 5. The van der Waals surface area contributed by atoms with Gasteiger partial charge >= 0.3 is 5.97 Å². The zero-order valence-corrected chi connectivity index (χ0v) is 85.6. The second-order valence-electron chi connectivity index (χ2n) is 39.9. The summed E-state index contributed by atoms with van der Waals surface area (Å²) >= 11 is 0. The fraction of sp³-hybridized carbons (Fsp3) is 0.918. The number of rotatable bonds is 66. The Morgan fingerprint density at radius 3 is 1.14 bits per heavy atom. The number of ether oxygens (including phenoxy) is 16. The Balaban J connectivity index is 0.986. The molecular weight excluding hydrogens is 1990 g/mol. The number of nitrogens with one attached hydrogen (secondary N) is 5. The highest BCUT2D eigenvalue weighted by Gasteiger charge is 2.63. The molecule has 0 radical (unpaired) electrons. The zero-order chi connectivity index (χ0) is 109. The van der Waals surface area contributed by atoms with Crippen molar-refractivity contribution in [2.24, 2.45) is 0 Å². The summed E-state index contributed by atoms with van der Waals surface area (Å²) in [7, 11) is 0. The van der Waals surface area contributed by atoms with Crippen LogP contribution in [0.15, 0.2) is 12.2 Å². The number of unbranched alkanes of at least 4 members (excludes halogenated alkanes) is 27. The van der Waals surface area contributed by atoms with Crippen molar-refractivity contribution in [1.82, 2.24) is 26.6 Å². The second kappa shape index (κ2) is 66.0. The third kappa shape index (κ3) is 37.3. The van der Waals surface area contributed by atoms with E-state index in [1.807, 2.05) is 6.08 Å². The molecule has 0 spiro atoms. The summed E-state index contributed by atoms with van der Waals surface area (Å²) in [6, 6.07) is -8.85. The monoisotopic (exact) mass is 2160 g/mol. The van der Waals surface area contributed by atoms with E-state index in [4.69, 9.17) is 75.8 Å². The summed E-state index contributed by atoms with van der Waals surface area (Å²) in [6.07, 6.45) is -44.1. The van der Waals surface area contributed by atoms with Gasteiger partial charge in [-0.1, -0.05) is 193 Å². The standard InChI is InChI=1S/C97H171N5O47/c1-6-8-10-12-14-16-18-20-21-22-23-25-27-29-31-33-35-37-63(117)101-52(53(114)36-34-32-30-28-26-24-19-17-15-13-11-9-7-2)47-134-92-78(128)77(127)84(61(45-109)141-92)145-93-79(129)86(71(121)57(41-105)137-93)146-90-67(99-50(4)112)75(125)82(59(43-107)139-90)143-94-80(130)87(73(123)62(142-94)48-135-89-66(98-49(3)111)74(124)70(120)56(40-104)136-89)147-91-68(100-51(5)113)76(126)83(60(44-108)140-91)144-95-81(131)88(72(122)58(42-106)138-95)149-97(96(132)133)38-54(115)65(102-64(118)46-110)85(148-97)69(119)55(116)39-103/h34,36,52-62,65-95,103-110,114-116,119-131H,6-33,35,37-48H2,1-5H3,(H,98,111)(H,99,112)(H,100,113)(H,101,117)(H,102,118)(H,132,133)/b36-34+/t52-,53+,54?,55+,56?,57?,58?,59?,60?,61?,62?,65+,66?,67?,68?,69+,70+,71-,72-,73-,74+,75+,76+,77+,78?,79?,80?,81?,82+,83+,84+,85?,86-,87-,88-,89+,90-,91-,92+,93-,94-,95-,97-/m0/s1. The number of carboxylic acid groups (broad SMARTS) is 1. The maximum absolute atomic E-state index is 13.7. The van der Waals surface area contributed by atoms with Gasteiger partial charge in [0, 0.05) is 33.6 Å². The number of hydrogen-bond acceptors (Lipinski definition) is 46. The molecule has 0 saturated carbocycles. The van der Waals surface area contributed by atoms with Crippen molar-refractivity contribution < 1.29 is 232 Å². The summed E-state index contributed by atoms with van der Waals surface area (Å²) in [4.78, 5) is 78.7. The molecule has 8 heterocycles. The lowest BCUT2D eigenvalue weighted by Crippen LogP contribution is -2.71. The van der Waals surface area contributed by atoms with Crippen molar-refractivity contribution in [3.05, 3.63) is 12.2 Å². The third-order valence-electron chi connectivity index (χ3n) is 28.3. The van der Waals surface area contributed by atoms with Gasteiger partial charge in [0.25, 0.3) is 5.79 Å². The van der Waals surface area contributed by atoms with Gasteiger partial charge < -0.3 is 230 Å². The topological polar surface area (TPSA) is 816 Å². The number of aliphatic hydroxyl groups is 24. The predicted octanol–water partition coefficient (Wildman–Crippen LogP) is -7.53. The number of aliphatic carboxylic acids is 1. The predicted molar refractivity (Wildman–Crippen MR) is 510 cm³/mol. The van der Waals surface area contributed by atoms with Crippen LogP contribution >= 0.6 is 0 Å². The first-order chi connectivity index (χ1) is 71.3. The molecule has 8 fully saturated rings. The molecule has 8 aliphatic heterocycles. The second-order valence-corrected chi connectivity index (χ2v) is 39.9. The summed E-state index contributed by atoms with van der Waals surface area (Å²) in [5, 5.41) is 295. The highest BCUT2D eigenvalue weighted by molar-refractivity contribution is 5.78. The normalized spacial score (nSPS) is 37.5. The highest BCUT2D eigenvalue weighted by Crippen LogP contribution is 2.42. The molecule has 8 saturated heterocycles. The van der Waals surface area contributed by atoms with E-state index < -0.39 is 365 Å². The van der Waals surface area contributed by atoms with Gasteiger partial charge in [-0.15, -0.1) is 0 Å². The fourth-order valence-corrected chi connectivity index (χ4v) is 19.8. The van der Waals surface area contributed by atoms with Gasteiger partial charge in [-0.3, -0.25) is 24.0 Å². The first-order valence-corrected chi connectivity index (χ1v) is 52.8. The minimum atomic E-state index is -3.36. The first-order valence-electron chi connectivity index (χ1n) is 52.8. The molecule has 8 rings (SSSR count). The number of carboxylic acids is 1. The van der Waals surface area contributed by atoms with Crippen molar-refractivity contribution in [1.29, 1.82) is 0 Å². The van der Waals surface area contributed by atoms with Gasteiger partial charge in [0.15, 0.2) is 44.0 Å². The summed E-state index contributed by atoms with van der Waals surface area (Å²) < 4.78 is 95.9. The van der Waals surface area contributed by atoms with E-state index in [2.05, 4.69) is 40.4 Å². The average molecular weight is 2160 g/mol. The van der Waals surface area contributed by atoms with Gasteiger partial charge in [0.2, 0.25) is 29.5 Å². The minimum Gasteiger partial charge on any atom is -0.477 e. The smallest absolute Gasteiger partial charge is 0.364 e. The molecule has 43 atom stereocenters. The summed E-state index contributed by atoms with van der Waals surface area (Å²) in [6.45, 7) is -3.66. The number of carbonyl (C=O) groups is 6. The highest BCUT2D eigenvalue weighted by atomic mass is 16.8. The van der Waals surface area contributed by atoms with Crippen LogP contribution in [0, 0.1) is 0 Å². The van der Waals surface area contributed by atoms with E-state index >= 15 is 0 Å². The Morgan fingerprint density at radius 2 is 0.725 bits per heavy atom. The van der Waals surface area contributed by atoms with Crippen LogP contribution in [0.25, 0.3) is 0 Å². The largest absolute Gasteiger partial charge is 0.477 e. The lowest BCUT2D eigenvalue weighted by Gasteiger charge is -2.51. The molecule has 8 aliphatic rings. The quantitative estimate of drug-likeness (QED) is 0.0199. The molecule has 52 nitrogen and oxygen atoms in total. The van der Waals surface area contributed by atoms with Crippen molar-refractivity contribution in [2.45, 2.75) is 497 Å². The summed E-state index contributed by atoms with van der Waals surface area (Å²) in [5.74, 6) is -10.0. The molecule has 16 unspecified atom stereocenters. The molecule has 30 N–H and O–H groups in total. The van der Waals surface area contributed by atoms with Crippen LogP contribution in [-0.2, 0) is 105 Å². The first kappa shape index (κ1) is 129. The van der Waals surface area contributed by atoms with Crippen molar-refractivity contribution in [3.63, 3.8) is 0 Å². The van der Waals surface area contributed by atoms with E-state index in [9.17, 15) is 156 Å². The molecule has 866 valence electrons. The van der Waals surface area contributed by atoms with Gasteiger partial charge in [0.1, 0.15) is 196 Å².